The van der Waals surface area contributed by atoms with Crippen LogP contribution in [-0.4, -0.2) is 19.8 Å². The number of aryl methyl sites for hydroxylation is 1. The van der Waals surface area contributed by atoms with Gasteiger partial charge in [-0.25, -0.2) is 0 Å². The van der Waals surface area contributed by atoms with Crippen LogP contribution in [0.3, 0.4) is 0 Å². The zero-order valence-electron chi connectivity index (χ0n) is 9.35. The highest BCUT2D eigenvalue weighted by atomic mass is 79.9. The van der Waals surface area contributed by atoms with E-state index in [4.69, 9.17) is 4.74 Å². The first-order chi connectivity index (χ1) is 7.24. The van der Waals surface area contributed by atoms with Crippen molar-refractivity contribution in [3.8, 4) is 0 Å². The summed E-state index contributed by atoms with van der Waals surface area (Å²) in [5.74, 6) is 0. The van der Waals surface area contributed by atoms with Crippen LogP contribution in [0, 0.1) is 6.92 Å². The lowest BCUT2D eigenvalue weighted by Gasteiger charge is -2.09. The topological polar surface area (TPSA) is 21.3 Å². The van der Waals surface area contributed by atoms with Crippen molar-refractivity contribution in [2.45, 2.75) is 20.3 Å². The van der Waals surface area contributed by atoms with Crippen LogP contribution in [0.2, 0.25) is 0 Å². The molecule has 0 saturated carbocycles. The summed E-state index contributed by atoms with van der Waals surface area (Å²) in [6.07, 6.45) is 1.08. The first-order valence-electron chi connectivity index (χ1n) is 5.32. The van der Waals surface area contributed by atoms with E-state index in [0.29, 0.717) is 0 Å². The molecule has 0 saturated heterocycles. The summed E-state index contributed by atoms with van der Waals surface area (Å²) in [7, 11) is 0. The van der Waals surface area contributed by atoms with Crippen molar-refractivity contribution in [1.82, 2.24) is 0 Å². The van der Waals surface area contributed by atoms with Crippen LogP contribution in [0.4, 0.5) is 5.69 Å². The molecular weight excluding hydrogens is 254 g/mol. The number of anilines is 1. The minimum atomic E-state index is 0.758. The van der Waals surface area contributed by atoms with Gasteiger partial charge >= 0.3 is 0 Å². The maximum Gasteiger partial charge on any atom is 0.0639 e. The number of benzene rings is 1. The molecule has 3 heteroatoms. The summed E-state index contributed by atoms with van der Waals surface area (Å²) < 4.78 is 6.50. The number of hydrogen-bond donors (Lipinski definition) is 1. The molecule has 0 atom stereocenters. The molecule has 0 fully saturated rings. The molecule has 1 rings (SSSR count). The van der Waals surface area contributed by atoms with Crippen molar-refractivity contribution in [1.29, 1.82) is 0 Å². The van der Waals surface area contributed by atoms with Crippen LogP contribution in [0.1, 0.15) is 18.9 Å². The van der Waals surface area contributed by atoms with Gasteiger partial charge in [0.25, 0.3) is 0 Å². The Morgan fingerprint density at radius 2 is 2.13 bits per heavy atom. The fourth-order valence-electron chi connectivity index (χ4n) is 1.28. The summed E-state index contributed by atoms with van der Waals surface area (Å²) in [6.45, 7) is 6.66. The summed E-state index contributed by atoms with van der Waals surface area (Å²) in [5.41, 5.74) is 2.39. The van der Waals surface area contributed by atoms with Crippen LogP contribution >= 0.6 is 15.9 Å². The van der Waals surface area contributed by atoms with E-state index in [2.05, 4.69) is 53.3 Å². The highest BCUT2D eigenvalue weighted by molar-refractivity contribution is 9.10. The van der Waals surface area contributed by atoms with E-state index in [9.17, 15) is 0 Å². The van der Waals surface area contributed by atoms with Crippen molar-refractivity contribution < 1.29 is 4.74 Å². The van der Waals surface area contributed by atoms with Gasteiger partial charge < -0.3 is 10.1 Å². The molecule has 2 nitrogen and oxygen atoms in total. The Kier molecular flexibility index (Phi) is 5.73. The third-order valence-corrected chi connectivity index (χ3v) is 2.72. The Morgan fingerprint density at radius 3 is 2.87 bits per heavy atom. The zero-order valence-corrected chi connectivity index (χ0v) is 10.9. The quantitative estimate of drug-likeness (QED) is 0.799. The highest BCUT2D eigenvalue weighted by Gasteiger charge is 1.98. The molecule has 0 aliphatic heterocycles. The molecule has 0 radical (unpaired) electrons. The minimum absolute atomic E-state index is 0.758. The molecule has 0 aliphatic carbocycles. The fourth-order valence-corrected chi connectivity index (χ4v) is 1.67. The van der Waals surface area contributed by atoms with E-state index in [1.165, 1.54) is 5.56 Å². The average molecular weight is 272 g/mol. The second-order valence-corrected chi connectivity index (χ2v) is 4.38. The molecule has 84 valence electrons. The van der Waals surface area contributed by atoms with Crippen LogP contribution < -0.4 is 5.32 Å². The molecule has 0 heterocycles. The van der Waals surface area contributed by atoms with Crippen molar-refractivity contribution in [2.75, 3.05) is 25.1 Å². The lowest BCUT2D eigenvalue weighted by Crippen LogP contribution is -2.10. The van der Waals surface area contributed by atoms with Gasteiger partial charge in [-0.2, -0.15) is 0 Å². The number of halogens is 1. The predicted molar refractivity (Wildman–Crippen MR) is 68.5 cm³/mol. The van der Waals surface area contributed by atoms with Crippen LogP contribution in [0.15, 0.2) is 22.7 Å². The van der Waals surface area contributed by atoms with Gasteiger partial charge in [0.1, 0.15) is 0 Å². The van der Waals surface area contributed by atoms with Crippen molar-refractivity contribution in [3.05, 3.63) is 28.2 Å². The molecule has 0 unspecified atom stereocenters. The first-order valence-corrected chi connectivity index (χ1v) is 6.11. The Hall–Kier alpha value is -0.540. The lowest BCUT2D eigenvalue weighted by molar-refractivity contribution is 0.144. The Labute approximate surface area is 100 Å². The van der Waals surface area contributed by atoms with Gasteiger partial charge in [-0.3, -0.25) is 0 Å². The van der Waals surface area contributed by atoms with Crippen LogP contribution in [0.5, 0.6) is 0 Å². The van der Waals surface area contributed by atoms with Crippen LogP contribution in [-0.2, 0) is 4.74 Å². The normalized spacial score (nSPS) is 10.3. The van der Waals surface area contributed by atoms with Crippen molar-refractivity contribution in [3.63, 3.8) is 0 Å². The molecule has 1 N–H and O–H groups in total. The third-order valence-electron chi connectivity index (χ3n) is 2.03. The number of rotatable bonds is 6. The number of ether oxygens (including phenoxy) is 1. The van der Waals surface area contributed by atoms with Crippen molar-refractivity contribution >= 4 is 21.6 Å². The third kappa shape index (κ3) is 4.67. The molecule has 0 aromatic heterocycles. The molecule has 0 amide bonds. The number of nitrogens with one attached hydrogen (secondary N) is 1. The Bertz CT molecular complexity index is 302. The minimum Gasteiger partial charge on any atom is -0.382 e. The van der Waals surface area contributed by atoms with Gasteiger partial charge in [0.2, 0.25) is 0 Å². The van der Waals surface area contributed by atoms with Gasteiger partial charge in [-0.1, -0.05) is 13.0 Å². The maximum atomic E-state index is 5.40. The summed E-state index contributed by atoms with van der Waals surface area (Å²) in [5, 5.41) is 3.34. The van der Waals surface area contributed by atoms with Crippen molar-refractivity contribution in [2.24, 2.45) is 0 Å². The monoisotopic (exact) mass is 271 g/mol. The molecule has 0 bridgehead atoms. The van der Waals surface area contributed by atoms with E-state index in [1.54, 1.807) is 0 Å². The Balaban J connectivity index is 2.33. The molecule has 1 aromatic rings. The largest absolute Gasteiger partial charge is 0.382 e. The fraction of sp³-hybridized carbons (Fsp3) is 0.500. The summed E-state index contributed by atoms with van der Waals surface area (Å²) in [6, 6.07) is 6.28. The smallest absolute Gasteiger partial charge is 0.0639 e. The standard InChI is InChI=1S/C12H18BrNO/c1-3-7-15-8-6-14-12-9-10(2)4-5-11(12)13/h4-5,9,14H,3,6-8H2,1-2H3. The maximum absolute atomic E-state index is 5.40. The van der Waals surface area contributed by atoms with E-state index in [0.717, 1.165) is 36.3 Å². The summed E-state index contributed by atoms with van der Waals surface area (Å²) >= 11 is 3.51. The molecule has 15 heavy (non-hydrogen) atoms. The SMILES string of the molecule is CCCOCCNc1cc(C)ccc1Br. The van der Waals surface area contributed by atoms with E-state index < -0.39 is 0 Å². The highest BCUT2D eigenvalue weighted by Crippen LogP contribution is 2.22. The van der Waals surface area contributed by atoms with Gasteiger partial charge in [-0.15, -0.1) is 0 Å². The van der Waals surface area contributed by atoms with Gasteiger partial charge in [0, 0.05) is 23.3 Å². The average Bonchev–Trinajstić information content (AvgIpc) is 2.23. The lowest BCUT2D eigenvalue weighted by atomic mass is 10.2. The predicted octanol–water partition coefficient (Wildman–Crippen LogP) is 3.60. The second kappa shape index (κ2) is 6.85. The van der Waals surface area contributed by atoms with Gasteiger partial charge in [0.15, 0.2) is 0 Å². The summed E-state index contributed by atoms with van der Waals surface area (Å²) in [4.78, 5) is 0. The van der Waals surface area contributed by atoms with E-state index in [1.807, 2.05) is 0 Å². The van der Waals surface area contributed by atoms with Crippen LogP contribution in [0.25, 0.3) is 0 Å². The molecule has 1 aromatic carbocycles. The van der Waals surface area contributed by atoms with E-state index >= 15 is 0 Å². The molecule has 0 aliphatic rings. The second-order valence-electron chi connectivity index (χ2n) is 3.52. The Morgan fingerprint density at radius 1 is 1.33 bits per heavy atom. The zero-order chi connectivity index (χ0) is 11.1. The first kappa shape index (κ1) is 12.5. The van der Waals surface area contributed by atoms with E-state index in [-0.39, 0.29) is 0 Å². The van der Waals surface area contributed by atoms with Gasteiger partial charge in [-0.05, 0) is 47.0 Å². The number of hydrogen-bond acceptors (Lipinski definition) is 2. The van der Waals surface area contributed by atoms with Gasteiger partial charge in [0.05, 0.1) is 6.61 Å². The molecular formula is C12H18BrNO. The molecule has 0 spiro atoms.